The number of benzene rings is 4. The number of phenolic OH excluding ortho intramolecular Hbond substituents is 1. The maximum Gasteiger partial charge on any atom is 0.259 e. The number of carbonyl (C=O) groups is 2. The predicted molar refractivity (Wildman–Crippen MR) is 140 cm³/mol. The van der Waals surface area contributed by atoms with E-state index in [1.807, 2.05) is 12.1 Å². The minimum atomic E-state index is -0.568. The fraction of sp³-hybridized carbons (Fsp3) is 0.111. The Kier molecular flexibility index (Phi) is 7.17. The minimum absolute atomic E-state index is 0.0105. The van der Waals surface area contributed by atoms with Crippen LogP contribution in [0.3, 0.4) is 0 Å². The lowest BCUT2D eigenvalue weighted by Gasteiger charge is -2.13. The maximum absolute atomic E-state index is 13.2. The number of aryl methyl sites for hydroxylation is 1. The quantitative estimate of drug-likeness (QED) is 0.260. The number of aromatic hydroxyl groups is 1. The van der Waals surface area contributed by atoms with E-state index in [4.69, 9.17) is 16.3 Å². The van der Waals surface area contributed by atoms with E-state index in [-0.39, 0.29) is 22.9 Å². The molecule has 0 aromatic heterocycles. The van der Waals surface area contributed by atoms with Crippen LogP contribution in [0.2, 0.25) is 5.02 Å². The first kappa shape index (κ1) is 24.7. The fourth-order valence-electron chi connectivity index (χ4n) is 3.72. The number of phenols is 1. The SMILES string of the molecule is CNC(=O)c1ccc(N=Nc2c(O)c(C(=O)Nc3cc(Cl)ccc3OC)cc3ccccc23)c(C)c1. The van der Waals surface area contributed by atoms with Gasteiger partial charge in [0.05, 0.1) is 24.0 Å². The topological polar surface area (TPSA) is 112 Å². The number of hydrogen-bond donors (Lipinski definition) is 3. The molecule has 0 saturated carbocycles. The van der Waals surface area contributed by atoms with Gasteiger partial charge in [0, 0.05) is 23.0 Å². The minimum Gasteiger partial charge on any atom is -0.505 e. The van der Waals surface area contributed by atoms with Crippen molar-refractivity contribution in [1.82, 2.24) is 5.32 Å². The third kappa shape index (κ3) is 4.99. The van der Waals surface area contributed by atoms with Gasteiger partial charge in [-0.25, -0.2) is 0 Å². The molecule has 36 heavy (non-hydrogen) atoms. The monoisotopic (exact) mass is 502 g/mol. The molecule has 4 rings (SSSR count). The molecule has 0 aliphatic carbocycles. The zero-order valence-electron chi connectivity index (χ0n) is 19.8. The molecule has 0 radical (unpaired) electrons. The normalized spacial score (nSPS) is 11.0. The Balaban J connectivity index is 1.76. The molecule has 2 amide bonds. The first-order valence-electron chi connectivity index (χ1n) is 11.0. The van der Waals surface area contributed by atoms with Crippen LogP contribution in [-0.2, 0) is 0 Å². The second-order valence-corrected chi connectivity index (χ2v) is 8.36. The van der Waals surface area contributed by atoms with Crippen molar-refractivity contribution in [3.63, 3.8) is 0 Å². The summed E-state index contributed by atoms with van der Waals surface area (Å²) < 4.78 is 5.30. The van der Waals surface area contributed by atoms with Crippen LogP contribution in [0.4, 0.5) is 17.1 Å². The van der Waals surface area contributed by atoms with E-state index in [9.17, 15) is 14.7 Å². The smallest absolute Gasteiger partial charge is 0.259 e. The van der Waals surface area contributed by atoms with Gasteiger partial charge < -0.3 is 20.5 Å². The number of amides is 2. The van der Waals surface area contributed by atoms with Crippen molar-refractivity contribution in [3.05, 3.63) is 88.4 Å². The summed E-state index contributed by atoms with van der Waals surface area (Å²) in [5.41, 5.74) is 2.26. The van der Waals surface area contributed by atoms with Crippen LogP contribution in [-0.4, -0.2) is 31.1 Å². The maximum atomic E-state index is 13.2. The van der Waals surface area contributed by atoms with E-state index in [2.05, 4.69) is 20.9 Å². The van der Waals surface area contributed by atoms with E-state index in [0.717, 1.165) is 5.56 Å². The summed E-state index contributed by atoms with van der Waals surface area (Å²) in [5, 5.41) is 26.7. The number of carbonyl (C=O) groups excluding carboxylic acids is 2. The van der Waals surface area contributed by atoms with E-state index in [1.54, 1.807) is 68.6 Å². The summed E-state index contributed by atoms with van der Waals surface area (Å²) in [6, 6.07) is 18.7. The van der Waals surface area contributed by atoms with E-state index in [0.29, 0.717) is 38.5 Å². The number of rotatable bonds is 6. The fourth-order valence-corrected chi connectivity index (χ4v) is 3.89. The molecule has 3 N–H and O–H groups in total. The third-order valence-electron chi connectivity index (χ3n) is 5.59. The van der Waals surface area contributed by atoms with Crippen LogP contribution < -0.4 is 15.4 Å². The van der Waals surface area contributed by atoms with Gasteiger partial charge in [0.25, 0.3) is 11.8 Å². The molecule has 0 saturated heterocycles. The molecule has 9 heteroatoms. The average molecular weight is 503 g/mol. The van der Waals surface area contributed by atoms with Gasteiger partial charge in [-0.05, 0) is 60.3 Å². The number of methoxy groups -OCH3 is 1. The van der Waals surface area contributed by atoms with Crippen molar-refractivity contribution in [2.75, 3.05) is 19.5 Å². The molecule has 0 bridgehead atoms. The van der Waals surface area contributed by atoms with Crippen molar-refractivity contribution in [2.45, 2.75) is 6.92 Å². The lowest BCUT2D eigenvalue weighted by atomic mass is 10.0. The Bertz CT molecular complexity index is 1520. The third-order valence-corrected chi connectivity index (χ3v) is 5.83. The molecule has 8 nitrogen and oxygen atoms in total. The van der Waals surface area contributed by atoms with Crippen LogP contribution in [0, 0.1) is 6.92 Å². The highest BCUT2D eigenvalue weighted by molar-refractivity contribution is 6.31. The van der Waals surface area contributed by atoms with Gasteiger partial charge in [0.2, 0.25) is 0 Å². The van der Waals surface area contributed by atoms with E-state index >= 15 is 0 Å². The van der Waals surface area contributed by atoms with Gasteiger partial charge in [0.1, 0.15) is 11.4 Å². The predicted octanol–water partition coefficient (Wildman–Crippen LogP) is 6.54. The van der Waals surface area contributed by atoms with Crippen LogP contribution in [0.15, 0.2) is 77.0 Å². The zero-order valence-corrected chi connectivity index (χ0v) is 20.6. The number of nitrogens with zero attached hydrogens (tertiary/aromatic N) is 2. The Morgan fingerprint density at radius 2 is 1.75 bits per heavy atom. The van der Waals surface area contributed by atoms with Crippen molar-refractivity contribution in [3.8, 4) is 11.5 Å². The molecule has 0 fully saturated rings. The molecule has 0 spiro atoms. The van der Waals surface area contributed by atoms with Crippen molar-refractivity contribution >= 4 is 51.2 Å². The molecule has 0 aliphatic heterocycles. The average Bonchev–Trinajstić information content (AvgIpc) is 2.88. The van der Waals surface area contributed by atoms with Crippen LogP contribution >= 0.6 is 11.6 Å². The highest BCUT2D eigenvalue weighted by Gasteiger charge is 2.20. The molecular formula is C27H23ClN4O4. The van der Waals surface area contributed by atoms with Gasteiger partial charge >= 0.3 is 0 Å². The Labute approximate surface area is 212 Å². The van der Waals surface area contributed by atoms with Crippen molar-refractivity contribution in [2.24, 2.45) is 10.2 Å². The molecular weight excluding hydrogens is 480 g/mol. The number of halogens is 1. The standard InChI is InChI=1S/C27H23ClN4O4/c1-15-12-17(26(34)29-2)8-10-21(15)31-32-24-19-7-5-4-6-16(19)13-20(25(24)33)27(35)30-22-14-18(28)9-11-23(22)36-3/h4-14,33H,1-3H3,(H,29,34)(H,30,35). The highest BCUT2D eigenvalue weighted by Crippen LogP contribution is 2.40. The number of nitrogens with one attached hydrogen (secondary N) is 2. The van der Waals surface area contributed by atoms with Crippen LogP contribution in [0.25, 0.3) is 10.8 Å². The lowest BCUT2D eigenvalue weighted by molar-refractivity contribution is 0.0962. The second kappa shape index (κ2) is 10.5. The van der Waals surface area contributed by atoms with E-state index < -0.39 is 5.91 Å². The van der Waals surface area contributed by atoms with E-state index in [1.165, 1.54) is 7.11 Å². The van der Waals surface area contributed by atoms with Crippen LogP contribution in [0.1, 0.15) is 26.3 Å². The lowest BCUT2D eigenvalue weighted by Crippen LogP contribution is -2.17. The van der Waals surface area contributed by atoms with Gasteiger partial charge in [-0.3, -0.25) is 9.59 Å². The van der Waals surface area contributed by atoms with Gasteiger partial charge in [-0.1, -0.05) is 35.9 Å². The van der Waals surface area contributed by atoms with Crippen LogP contribution in [0.5, 0.6) is 11.5 Å². The number of azo groups is 1. The largest absolute Gasteiger partial charge is 0.505 e. The number of hydrogen-bond acceptors (Lipinski definition) is 6. The zero-order chi connectivity index (χ0) is 25.8. The summed E-state index contributed by atoms with van der Waals surface area (Å²) in [5.74, 6) is -0.680. The first-order chi connectivity index (χ1) is 17.3. The summed E-state index contributed by atoms with van der Waals surface area (Å²) in [7, 11) is 3.04. The summed E-state index contributed by atoms with van der Waals surface area (Å²) in [4.78, 5) is 25.1. The molecule has 182 valence electrons. The van der Waals surface area contributed by atoms with Gasteiger partial charge in [-0.15, -0.1) is 5.11 Å². The Morgan fingerprint density at radius 1 is 0.972 bits per heavy atom. The molecule has 4 aromatic rings. The Hall–Kier alpha value is -4.43. The number of fused-ring (bicyclic) bond motifs is 1. The number of ether oxygens (including phenoxy) is 1. The second-order valence-electron chi connectivity index (χ2n) is 7.92. The number of anilines is 1. The molecule has 4 aromatic carbocycles. The molecule has 0 atom stereocenters. The first-order valence-corrected chi connectivity index (χ1v) is 11.3. The summed E-state index contributed by atoms with van der Waals surface area (Å²) >= 11 is 6.08. The molecule has 0 unspecified atom stereocenters. The Morgan fingerprint density at radius 3 is 2.47 bits per heavy atom. The molecule has 0 heterocycles. The summed E-state index contributed by atoms with van der Waals surface area (Å²) in [6.45, 7) is 1.81. The summed E-state index contributed by atoms with van der Waals surface area (Å²) in [6.07, 6.45) is 0. The highest BCUT2D eigenvalue weighted by atomic mass is 35.5. The van der Waals surface area contributed by atoms with Crippen molar-refractivity contribution in [1.29, 1.82) is 0 Å². The van der Waals surface area contributed by atoms with Gasteiger partial charge in [0.15, 0.2) is 5.75 Å². The van der Waals surface area contributed by atoms with Crippen molar-refractivity contribution < 1.29 is 19.4 Å². The van der Waals surface area contributed by atoms with Gasteiger partial charge in [-0.2, -0.15) is 5.11 Å². The molecule has 0 aliphatic rings.